The highest BCUT2D eigenvalue weighted by Crippen LogP contribution is 2.17. The number of carbonyl (C=O) groups is 3. The van der Waals surface area contributed by atoms with Crippen molar-refractivity contribution < 1.29 is 28.6 Å². The molecule has 0 saturated carbocycles. The molecule has 0 aromatic heterocycles. The molecule has 172 valence electrons. The summed E-state index contributed by atoms with van der Waals surface area (Å²) in [7, 11) is 0. The molecule has 2 rings (SSSR count). The first-order valence-corrected chi connectivity index (χ1v) is 10.3. The Balaban J connectivity index is 1.73. The molecule has 0 atom stereocenters. The van der Waals surface area contributed by atoms with E-state index in [-0.39, 0.29) is 24.8 Å². The average Bonchev–Trinajstić information content (AvgIpc) is 2.76. The zero-order valence-corrected chi connectivity index (χ0v) is 18.5. The van der Waals surface area contributed by atoms with Crippen molar-refractivity contribution in [1.29, 1.82) is 0 Å². The molecular formula is C23H29N3O6. The standard InChI is InChI=1S/C23H29N3O6/c1-4-30-17-9-11-18(12-10-17)31-14-13-24-21(27)15-32-22(28)19-7-5-6-8-20(19)26-23(29)25-16(2)3/h5-12,16H,4,13-15H2,1-3H3,(H,24,27)(H2,25,26,29). The number of anilines is 1. The second-order valence-electron chi connectivity index (χ2n) is 6.98. The summed E-state index contributed by atoms with van der Waals surface area (Å²) in [5.41, 5.74) is 0.442. The second-order valence-corrected chi connectivity index (χ2v) is 6.98. The lowest BCUT2D eigenvalue weighted by Gasteiger charge is -2.13. The average molecular weight is 444 g/mol. The number of esters is 1. The topological polar surface area (TPSA) is 115 Å². The highest BCUT2D eigenvalue weighted by atomic mass is 16.5. The van der Waals surface area contributed by atoms with E-state index in [9.17, 15) is 14.4 Å². The summed E-state index contributed by atoms with van der Waals surface area (Å²) >= 11 is 0. The number of rotatable bonds is 11. The molecule has 32 heavy (non-hydrogen) atoms. The van der Waals surface area contributed by atoms with Crippen LogP contribution in [-0.2, 0) is 9.53 Å². The van der Waals surface area contributed by atoms with Crippen LogP contribution < -0.4 is 25.4 Å². The Morgan fingerprint density at radius 2 is 1.59 bits per heavy atom. The van der Waals surface area contributed by atoms with Crippen LogP contribution in [0.2, 0.25) is 0 Å². The van der Waals surface area contributed by atoms with Gasteiger partial charge in [0.15, 0.2) is 6.61 Å². The third-order valence-electron chi connectivity index (χ3n) is 3.98. The SMILES string of the molecule is CCOc1ccc(OCCNC(=O)COC(=O)c2ccccc2NC(=O)NC(C)C)cc1. The van der Waals surface area contributed by atoms with E-state index >= 15 is 0 Å². The van der Waals surface area contributed by atoms with Gasteiger partial charge in [-0.25, -0.2) is 9.59 Å². The highest BCUT2D eigenvalue weighted by molar-refractivity contribution is 6.01. The first-order valence-electron chi connectivity index (χ1n) is 10.3. The van der Waals surface area contributed by atoms with E-state index in [0.29, 0.717) is 18.0 Å². The van der Waals surface area contributed by atoms with Gasteiger partial charge in [-0.2, -0.15) is 0 Å². The van der Waals surface area contributed by atoms with Crippen LogP contribution in [0, 0.1) is 0 Å². The van der Waals surface area contributed by atoms with Crippen LogP contribution in [0.1, 0.15) is 31.1 Å². The smallest absolute Gasteiger partial charge is 0.340 e. The number of amides is 3. The monoisotopic (exact) mass is 443 g/mol. The third-order valence-corrected chi connectivity index (χ3v) is 3.98. The first kappa shape index (κ1) is 24.5. The first-order chi connectivity index (χ1) is 15.4. The summed E-state index contributed by atoms with van der Waals surface area (Å²) in [6.45, 7) is 6.19. The zero-order valence-electron chi connectivity index (χ0n) is 18.5. The number of ether oxygens (including phenoxy) is 3. The largest absolute Gasteiger partial charge is 0.494 e. The third kappa shape index (κ3) is 8.55. The molecule has 3 amide bonds. The maximum atomic E-state index is 12.4. The molecule has 9 nitrogen and oxygen atoms in total. The van der Waals surface area contributed by atoms with Crippen LogP contribution >= 0.6 is 0 Å². The number of carbonyl (C=O) groups excluding carboxylic acids is 3. The minimum Gasteiger partial charge on any atom is -0.494 e. The van der Waals surface area contributed by atoms with Crippen molar-refractivity contribution in [1.82, 2.24) is 10.6 Å². The van der Waals surface area contributed by atoms with Gasteiger partial charge >= 0.3 is 12.0 Å². The van der Waals surface area contributed by atoms with Gasteiger partial charge in [0.2, 0.25) is 0 Å². The minimum atomic E-state index is -0.716. The molecule has 0 fully saturated rings. The van der Waals surface area contributed by atoms with E-state index in [1.54, 1.807) is 42.5 Å². The van der Waals surface area contributed by atoms with Crippen molar-refractivity contribution in [3.8, 4) is 11.5 Å². The van der Waals surface area contributed by atoms with Crippen LogP contribution in [0.25, 0.3) is 0 Å². The minimum absolute atomic E-state index is 0.0590. The summed E-state index contributed by atoms with van der Waals surface area (Å²) in [6, 6.07) is 13.1. The zero-order chi connectivity index (χ0) is 23.3. The normalized spacial score (nSPS) is 10.2. The fraction of sp³-hybridized carbons (Fsp3) is 0.348. The molecule has 3 N–H and O–H groups in total. The molecule has 2 aromatic rings. The van der Waals surface area contributed by atoms with E-state index in [1.807, 2.05) is 20.8 Å². The van der Waals surface area contributed by atoms with E-state index in [2.05, 4.69) is 16.0 Å². The van der Waals surface area contributed by atoms with Gasteiger partial charge in [-0.05, 0) is 57.2 Å². The fourth-order valence-corrected chi connectivity index (χ4v) is 2.61. The van der Waals surface area contributed by atoms with Crippen LogP contribution in [-0.4, -0.2) is 50.3 Å². The maximum Gasteiger partial charge on any atom is 0.340 e. The molecule has 0 aliphatic rings. The Morgan fingerprint density at radius 1 is 0.938 bits per heavy atom. The van der Waals surface area contributed by atoms with E-state index in [0.717, 1.165) is 5.75 Å². The van der Waals surface area contributed by atoms with Crippen LogP contribution in [0.15, 0.2) is 48.5 Å². The predicted molar refractivity (Wildman–Crippen MR) is 120 cm³/mol. The predicted octanol–water partition coefficient (Wildman–Crippen LogP) is 2.97. The van der Waals surface area contributed by atoms with E-state index in [1.165, 1.54) is 6.07 Å². The Bertz CT molecular complexity index is 899. The molecule has 0 heterocycles. The summed E-state index contributed by atoms with van der Waals surface area (Å²) in [5.74, 6) is 0.231. The van der Waals surface area contributed by atoms with Crippen molar-refractivity contribution in [3.05, 3.63) is 54.1 Å². The van der Waals surface area contributed by atoms with Crippen molar-refractivity contribution in [3.63, 3.8) is 0 Å². The Morgan fingerprint density at radius 3 is 2.25 bits per heavy atom. The number of hydrogen-bond acceptors (Lipinski definition) is 6. The van der Waals surface area contributed by atoms with Gasteiger partial charge in [-0.15, -0.1) is 0 Å². The van der Waals surface area contributed by atoms with E-state index < -0.39 is 24.5 Å². The molecule has 0 saturated heterocycles. The van der Waals surface area contributed by atoms with Crippen LogP contribution in [0.4, 0.5) is 10.5 Å². The quantitative estimate of drug-likeness (QED) is 0.363. The van der Waals surface area contributed by atoms with Gasteiger partial charge < -0.3 is 30.2 Å². The van der Waals surface area contributed by atoms with Gasteiger partial charge in [0.25, 0.3) is 5.91 Å². The number of nitrogens with one attached hydrogen (secondary N) is 3. The Kier molecular flexibility index (Phi) is 9.83. The number of para-hydroxylation sites is 1. The Labute approximate surface area is 187 Å². The number of urea groups is 1. The van der Waals surface area contributed by atoms with Gasteiger partial charge in [-0.1, -0.05) is 12.1 Å². The van der Waals surface area contributed by atoms with Crippen LogP contribution in [0.5, 0.6) is 11.5 Å². The molecular weight excluding hydrogens is 414 g/mol. The van der Waals surface area contributed by atoms with Gasteiger partial charge in [-0.3, -0.25) is 4.79 Å². The maximum absolute atomic E-state index is 12.4. The number of hydrogen-bond donors (Lipinski definition) is 3. The molecule has 0 aliphatic heterocycles. The van der Waals surface area contributed by atoms with Crippen molar-refractivity contribution >= 4 is 23.6 Å². The fourth-order valence-electron chi connectivity index (χ4n) is 2.61. The van der Waals surface area contributed by atoms with E-state index in [4.69, 9.17) is 14.2 Å². The van der Waals surface area contributed by atoms with Crippen molar-refractivity contribution in [2.75, 3.05) is 31.7 Å². The second kappa shape index (κ2) is 12.8. The van der Waals surface area contributed by atoms with Crippen molar-refractivity contribution in [2.45, 2.75) is 26.8 Å². The van der Waals surface area contributed by atoms with Gasteiger partial charge in [0.1, 0.15) is 18.1 Å². The lowest BCUT2D eigenvalue weighted by atomic mass is 10.2. The van der Waals surface area contributed by atoms with Gasteiger partial charge in [0.05, 0.1) is 24.4 Å². The molecule has 0 aliphatic carbocycles. The Hall–Kier alpha value is -3.75. The number of benzene rings is 2. The lowest BCUT2D eigenvalue weighted by molar-refractivity contribution is -0.124. The summed E-state index contributed by atoms with van der Waals surface area (Å²) in [4.78, 5) is 36.2. The molecule has 9 heteroatoms. The van der Waals surface area contributed by atoms with Crippen molar-refractivity contribution in [2.24, 2.45) is 0 Å². The molecule has 0 unspecified atom stereocenters. The lowest BCUT2D eigenvalue weighted by Crippen LogP contribution is -2.34. The molecule has 2 aromatic carbocycles. The molecule has 0 radical (unpaired) electrons. The van der Waals surface area contributed by atoms with Crippen LogP contribution in [0.3, 0.4) is 0 Å². The molecule has 0 spiro atoms. The summed E-state index contributed by atoms with van der Waals surface area (Å²) in [6.07, 6.45) is 0. The highest BCUT2D eigenvalue weighted by Gasteiger charge is 2.16. The summed E-state index contributed by atoms with van der Waals surface area (Å²) < 4.78 is 16.0. The molecule has 0 bridgehead atoms. The van der Waals surface area contributed by atoms with Gasteiger partial charge in [0, 0.05) is 6.04 Å². The summed E-state index contributed by atoms with van der Waals surface area (Å²) in [5, 5.41) is 7.89.